The van der Waals surface area contributed by atoms with Gasteiger partial charge in [0.2, 0.25) is 11.5 Å². The summed E-state index contributed by atoms with van der Waals surface area (Å²) >= 11 is 8.16. The zero-order valence-corrected chi connectivity index (χ0v) is 12.5. The smallest absolute Gasteiger partial charge is 0.297 e. The van der Waals surface area contributed by atoms with Crippen molar-refractivity contribution in [3.05, 3.63) is 24.9 Å². The lowest BCUT2D eigenvalue weighted by Crippen LogP contribution is -2.19. The number of rotatable bonds is 3. The van der Waals surface area contributed by atoms with Crippen molar-refractivity contribution in [2.75, 3.05) is 5.73 Å². The van der Waals surface area contributed by atoms with Gasteiger partial charge in [-0.1, -0.05) is 0 Å². The summed E-state index contributed by atoms with van der Waals surface area (Å²) in [6.07, 6.45) is 1.50. The molecule has 0 aliphatic heterocycles. The number of nitrogen functional groups attached to an aromatic ring is 1. The molecule has 94 valence electrons. The molecule has 0 atom stereocenters. The van der Waals surface area contributed by atoms with Crippen LogP contribution in [0, 0.1) is 0 Å². The molecule has 0 radical (unpaired) electrons. The molecule has 0 saturated heterocycles. The van der Waals surface area contributed by atoms with Crippen LogP contribution in [0.15, 0.2) is 24.1 Å². The van der Waals surface area contributed by atoms with E-state index in [1.54, 1.807) is 0 Å². The van der Waals surface area contributed by atoms with Gasteiger partial charge in [-0.05, 0) is 48.2 Å². The minimum atomic E-state index is -0.584. The number of hydrogen-bond donors (Lipinski definition) is 2. The van der Waals surface area contributed by atoms with Crippen molar-refractivity contribution in [1.29, 1.82) is 0 Å². The number of hydrogen-bond acceptors (Lipinski definition) is 7. The molecule has 2 aromatic heterocycles. The van der Waals surface area contributed by atoms with E-state index >= 15 is 0 Å². The van der Waals surface area contributed by atoms with Gasteiger partial charge < -0.3 is 5.73 Å². The molecular formula is C8H5Br2N5O2S. The number of carbonyl (C=O) groups excluding carboxylic acids is 1. The molecular weight excluding hydrogens is 390 g/mol. The van der Waals surface area contributed by atoms with E-state index in [4.69, 9.17) is 5.73 Å². The molecule has 2 heterocycles. The van der Waals surface area contributed by atoms with Gasteiger partial charge in [-0.3, -0.25) is 4.79 Å². The second-order valence-electron chi connectivity index (χ2n) is 2.97. The minimum absolute atomic E-state index is 0.0793. The van der Waals surface area contributed by atoms with E-state index in [0.29, 0.717) is 0 Å². The lowest BCUT2D eigenvalue weighted by Gasteiger charge is -1.93. The third-order valence-electron chi connectivity index (χ3n) is 1.75. The molecule has 1 amide bonds. The summed E-state index contributed by atoms with van der Waals surface area (Å²) in [4.78, 5) is 12.4. The van der Waals surface area contributed by atoms with Gasteiger partial charge in [-0.2, -0.15) is 5.10 Å². The van der Waals surface area contributed by atoms with Crippen LogP contribution in [0.2, 0.25) is 0 Å². The van der Waals surface area contributed by atoms with Gasteiger partial charge in [0.05, 0.1) is 10.0 Å². The van der Waals surface area contributed by atoms with Crippen LogP contribution in [0.4, 0.5) is 5.82 Å². The fourth-order valence-corrected chi connectivity index (χ4v) is 2.95. The Morgan fingerprint density at radius 3 is 2.89 bits per heavy atom. The first-order chi connectivity index (χ1) is 8.58. The summed E-state index contributed by atoms with van der Waals surface area (Å²) < 4.78 is 6.17. The average molecular weight is 395 g/mol. The number of carbonyl (C=O) groups is 1. The van der Waals surface area contributed by atoms with E-state index in [1.807, 2.05) is 6.07 Å². The van der Waals surface area contributed by atoms with Crippen LogP contribution < -0.4 is 11.2 Å². The molecule has 0 fully saturated rings. The molecule has 2 rings (SSSR count). The maximum absolute atomic E-state index is 11.5. The molecule has 18 heavy (non-hydrogen) atoms. The molecule has 0 bridgehead atoms. The highest BCUT2D eigenvalue weighted by atomic mass is 79.9. The minimum Gasteiger partial charge on any atom is -0.379 e. The number of anilines is 1. The largest absolute Gasteiger partial charge is 0.379 e. The number of nitrogens with zero attached hydrogens (tertiary/aromatic N) is 3. The third kappa shape index (κ3) is 2.94. The van der Waals surface area contributed by atoms with Gasteiger partial charge in [-0.25, -0.2) is 10.1 Å². The highest BCUT2D eigenvalue weighted by Gasteiger charge is 2.14. The molecule has 3 N–H and O–H groups in total. The highest BCUT2D eigenvalue weighted by Crippen LogP contribution is 2.31. The Morgan fingerprint density at radius 1 is 1.56 bits per heavy atom. The third-order valence-corrected chi connectivity index (χ3v) is 4.94. The molecule has 0 unspecified atom stereocenters. The second-order valence-corrected chi connectivity index (χ2v) is 6.22. The highest BCUT2D eigenvalue weighted by molar-refractivity contribution is 9.13. The topological polar surface area (TPSA) is 106 Å². The Balaban J connectivity index is 2.00. The van der Waals surface area contributed by atoms with Crippen LogP contribution in [0.3, 0.4) is 0 Å². The molecule has 0 spiro atoms. The number of halogens is 2. The van der Waals surface area contributed by atoms with Crippen LogP contribution >= 0.6 is 43.2 Å². The van der Waals surface area contributed by atoms with Gasteiger partial charge in [0.25, 0.3) is 5.91 Å². The first-order valence-electron chi connectivity index (χ1n) is 4.44. The van der Waals surface area contributed by atoms with Crippen molar-refractivity contribution in [2.45, 2.75) is 0 Å². The first kappa shape index (κ1) is 13.2. The fourth-order valence-electron chi connectivity index (χ4n) is 0.987. The van der Waals surface area contributed by atoms with Crippen molar-refractivity contribution in [2.24, 2.45) is 5.10 Å². The van der Waals surface area contributed by atoms with E-state index in [1.165, 1.54) is 17.6 Å². The summed E-state index contributed by atoms with van der Waals surface area (Å²) in [6, 6.07) is 1.86. The predicted octanol–water partition coefficient (Wildman–Crippen LogP) is 2.00. The quantitative estimate of drug-likeness (QED) is 0.611. The summed E-state index contributed by atoms with van der Waals surface area (Å²) in [6.45, 7) is 0. The predicted molar refractivity (Wildman–Crippen MR) is 73.5 cm³/mol. The van der Waals surface area contributed by atoms with E-state index in [9.17, 15) is 4.79 Å². The van der Waals surface area contributed by atoms with Gasteiger partial charge in [-0.15, -0.1) is 11.3 Å². The fraction of sp³-hybridized carbons (Fsp3) is 0. The monoisotopic (exact) mass is 393 g/mol. The van der Waals surface area contributed by atoms with Crippen molar-refractivity contribution in [3.63, 3.8) is 0 Å². The summed E-state index contributed by atoms with van der Waals surface area (Å²) in [5.41, 5.74) is 7.53. The van der Waals surface area contributed by atoms with Crippen molar-refractivity contribution in [3.8, 4) is 0 Å². The van der Waals surface area contributed by atoms with E-state index in [0.717, 1.165) is 13.1 Å². The molecule has 7 nitrogen and oxygen atoms in total. The van der Waals surface area contributed by atoms with Gasteiger partial charge in [0.15, 0.2) is 0 Å². The average Bonchev–Trinajstić information content (AvgIpc) is 2.86. The van der Waals surface area contributed by atoms with Crippen molar-refractivity contribution in [1.82, 2.24) is 15.7 Å². The van der Waals surface area contributed by atoms with Gasteiger partial charge >= 0.3 is 0 Å². The molecule has 0 aliphatic carbocycles. The van der Waals surface area contributed by atoms with E-state index in [-0.39, 0.29) is 11.5 Å². The van der Waals surface area contributed by atoms with E-state index in [2.05, 4.69) is 57.3 Å². The number of amides is 1. The normalized spacial score (nSPS) is 11.0. The van der Waals surface area contributed by atoms with E-state index < -0.39 is 5.91 Å². The summed E-state index contributed by atoms with van der Waals surface area (Å²) in [7, 11) is 0. The van der Waals surface area contributed by atoms with Crippen LogP contribution in [0.5, 0.6) is 0 Å². The van der Waals surface area contributed by atoms with Crippen LogP contribution in [-0.2, 0) is 0 Å². The Kier molecular flexibility index (Phi) is 4.09. The van der Waals surface area contributed by atoms with Crippen LogP contribution in [-0.4, -0.2) is 22.4 Å². The van der Waals surface area contributed by atoms with Crippen molar-refractivity contribution >= 4 is 61.1 Å². The Bertz CT molecular complexity index is 589. The SMILES string of the molecule is Nc1nonc1C(=O)N/N=C\c1cc(Br)c(Br)s1. The number of hydrazone groups is 1. The number of nitrogens with two attached hydrogens (primary N) is 1. The zero-order valence-electron chi connectivity index (χ0n) is 8.55. The van der Waals surface area contributed by atoms with Crippen LogP contribution in [0.25, 0.3) is 0 Å². The van der Waals surface area contributed by atoms with Gasteiger partial charge in [0.1, 0.15) is 0 Å². The Hall–Kier alpha value is -1.26. The molecule has 10 heteroatoms. The summed E-state index contributed by atoms with van der Waals surface area (Å²) in [5, 5.41) is 10.4. The number of nitrogens with one attached hydrogen (secondary N) is 1. The number of aromatic nitrogens is 2. The number of thiophene rings is 1. The van der Waals surface area contributed by atoms with Gasteiger partial charge in [0, 0.05) is 9.35 Å². The molecule has 0 aliphatic rings. The molecule has 0 aromatic carbocycles. The summed E-state index contributed by atoms with van der Waals surface area (Å²) in [5.74, 6) is -0.663. The van der Waals surface area contributed by atoms with Crippen molar-refractivity contribution < 1.29 is 9.42 Å². The maximum atomic E-state index is 11.5. The second kappa shape index (κ2) is 5.59. The van der Waals surface area contributed by atoms with Crippen LogP contribution in [0.1, 0.15) is 15.4 Å². The Labute approximate surface area is 122 Å². The first-order valence-corrected chi connectivity index (χ1v) is 6.84. The lowest BCUT2D eigenvalue weighted by atomic mass is 10.4. The molecule has 2 aromatic rings. The maximum Gasteiger partial charge on any atom is 0.297 e. The standard InChI is InChI=1S/C8H5Br2N5O2S/c9-4-1-3(18-6(4)10)2-12-13-8(16)5-7(11)15-17-14-5/h1-2H,(H2,11,15)(H,13,16)/b12-2-. The lowest BCUT2D eigenvalue weighted by molar-refractivity contribution is 0.0946. The zero-order chi connectivity index (χ0) is 13.1. The Morgan fingerprint density at radius 2 is 2.33 bits per heavy atom. The molecule has 0 saturated carbocycles.